The Morgan fingerprint density at radius 1 is 1.35 bits per heavy atom. The summed E-state index contributed by atoms with van der Waals surface area (Å²) in [6.07, 6.45) is 1.01. The number of benzene rings is 1. The van der Waals surface area contributed by atoms with E-state index in [1.54, 1.807) is 19.1 Å². The standard InChI is InChI=1S/C18H26N2O3/c1-12(2)11-19-18(22)15-9-10-16(21)20(3)17(15)13-5-7-14(23-4)8-6-13/h5-8,12,15,17H,9-11H2,1-4H3,(H,19,22)/t15-,17-/m1/s1. The zero-order valence-electron chi connectivity index (χ0n) is 14.3. The van der Waals surface area contributed by atoms with E-state index in [0.29, 0.717) is 25.3 Å². The van der Waals surface area contributed by atoms with Gasteiger partial charge < -0.3 is 15.0 Å². The minimum Gasteiger partial charge on any atom is -0.497 e. The molecule has 0 aromatic heterocycles. The van der Waals surface area contributed by atoms with Crippen molar-refractivity contribution in [3.8, 4) is 5.75 Å². The largest absolute Gasteiger partial charge is 0.497 e. The molecule has 0 aliphatic carbocycles. The van der Waals surface area contributed by atoms with Gasteiger partial charge in [0.05, 0.1) is 19.1 Å². The summed E-state index contributed by atoms with van der Waals surface area (Å²) >= 11 is 0. The highest BCUT2D eigenvalue weighted by atomic mass is 16.5. The van der Waals surface area contributed by atoms with Gasteiger partial charge in [-0.05, 0) is 30.0 Å². The van der Waals surface area contributed by atoms with Crippen molar-refractivity contribution in [2.45, 2.75) is 32.7 Å². The van der Waals surface area contributed by atoms with E-state index in [1.807, 2.05) is 24.3 Å². The van der Waals surface area contributed by atoms with Gasteiger partial charge in [0.25, 0.3) is 0 Å². The van der Waals surface area contributed by atoms with E-state index in [1.165, 1.54) is 0 Å². The van der Waals surface area contributed by atoms with E-state index in [0.717, 1.165) is 11.3 Å². The number of nitrogens with one attached hydrogen (secondary N) is 1. The Hall–Kier alpha value is -2.04. The molecule has 5 heteroatoms. The minimum absolute atomic E-state index is 0.0267. The molecule has 1 aliphatic heterocycles. The molecule has 2 rings (SSSR count). The molecular formula is C18H26N2O3. The quantitative estimate of drug-likeness (QED) is 0.907. The molecule has 1 saturated heterocycles. The van der Waals surface area contributed by atoms with Crippen molar-refractivity contribution < 1.29 is 14.3 Å². The van der Waals surface area contributed by atoms with Crippen LogP contribution in [0.25, 0.3) is 0 Å². The number of methoxy groups -OCH3 is 1. The van der Waals surface area contributed by atoms with Crippen LogP contribution in [0.1, 0.15) is 38.3 Å². The number of likely N-dealkylation sites (tertiary alicyclic amines) is 1. The molecule has 126 valence electrons. The van der Waals surface area contributed by atoms with Crippen LogP contribution in [0.3, 0.4) is 0 Å². The van der Waals surface area contributed by atoms with E-state index in [4.69, 9.17) is 4.74 Å². The summed E-state index contributed by atoms with van der Waals surface area (Å²) in [5, 5.41) is 3.01. The van der Waals surface area contributed by atoms with Crippen LogP contribution >= 0.6 is 0 Å². The zero-order chi connectivity index (χ0) is 17.0. The number of rotatable bonds is 5. The van der Waals surface area contributed by atoms with Crippen LogP contribution in [-0.2, 0) is 9.59 Å². The summed E-state index contributed by atoms with van der Waals surface area (Å²) in [4.78, 5) is 26.4. The van der Waals surface area contributed by atoms with Crippen LogP contribution in [0.2, 0.25) is 0 Å². The van der Waals surface area contributed by atoms with Gasteiger partial charge in [-0.15, -0.1) is 0 Å². The number of amides is 2. The van der Waals surface area contributed by atoms with Crippen LogP contribution < -0.4 is 10.1 Å². The second-order valence-corrected chi connectivity index (χ2v) is 6.51. The van der Waals surface area contributed by atoms with E-state index in [-0.39, 0.29) is 23.8 Å². The number of ether oxygens (including phenoxy) is 1. The van der Waals surface area contributed by atoms with Crippen LogP contribution in [0, 0.1) is 11.8 Å². The molecule has 1 aromatic carbocycles. The second kappa shape index (κ2) is 7.49. The SMILES string of the molecule is COc1ccc([C@@H]2[C@H](C(=O)NCC(C)C)CCC(=O)N2C)cc1. The number of piperidine rings is 1. The maximum Gasteiger partial charge on any atom is 0.225 e. The lowest BCUT2D eigenvalue weighted by Crippen LogP contribution is -2.46. The normalized spacial score (nSPS) is 21.4. The first-order valence-corrected chi connectivity index (χ1v) is 8.11. The fraction of sp³-hybridized carbons (Fsp3) is 0.556. The topological polar surface area (TPSA) is 58.6 Å². The van der Waals surface area contributed by atoms with Gasteiger partial charge in [0.2, 0.25) is 11.8 Å². The molecule has 2 amide bonds. The average molecular weight is 318 g/mol. The van der Waals surface area contributed by atoms with E-state index in [9.17, 15) is 9.59 Å². The van der Waals surface area contributed by atoms with Crippen molar-refractivity contribution in [1.82, 2.24) is 10.2 Å². The Morgan fingerprint density at radius 3 is 2.57 bits per heavy atom. The zero-order valence-corrected chi connectivity index (χ0v) is 14.3. The molecule has 1 aromatic rings. The van der Waals surface area contributed by atoms with Gasteiger partial charge in [-0.2, -0.15) is 0 Å². The number of hydrogen-bond donors (Lipinski definition) is 1. The van der Waals surface area contributed by atoms with Gasteiger partial charge in [-0.1, -0.05) is 26.0 Å². The Kier molecular flexibility index (Phi) is 5.64. The lowest BCUT2D eigenvalue weighted by molar-refractivity contribution is -0.141. The molecule has 0 bridgehead atoms. The average Bonchev–Trinajstić information content (AvgIpc) is 2.55. The van der Waals surface area contributed by atoms with Crippen molar-refractivity contribution >= 4 is 11.8 Å². The molecule has 0 saturated carbocycles. The third-order valence-electron chi connectivity index (χ3n) is 4.34. The van der Waals surface area contributed by atoms with Gasteiger partial charge in [0.1, 0.15) is 5.75 Å². The summed E-state index contributed by atoms with van der Waals surface area (Å²) in [6.45, 7) is 4.79. The molecule has 0 spiro atoms. The van der Waals surface area contributed by atoms with Crippen molar-refractivity contribution in [3.05, 3.63) is 29.8 Å². The molecule has 1 fully saturated rings. The first kappa shape index (κ1) is 17.3. The number of hydrogen-bond acceptors (Lipinski definition) is 3. The van der Waals surface area contributed by atoms with Crippen molar-refractivity contribution in [2.75, 3.05) is 20.7 Å². The summed E-state index contributed by atoms with van der Waals surface area (Å²) in [7, 11) is 3.40. The predicted octanol–water partition coefficient (Wildman–Crippen LogP) is 2.38. The Balaban J connectivity index is 2.23. The van der Waals surface area contributed by atoms with E-state index < -0.39 is 0 Å². The summed E-state index contributed by atoms with van der Waals surface area (Å²) in [5.41, 5.74) is 0.964. The lowest BCUT2D eigenvalue weighted by atomic mass is 9.84. The summed E-state index contributed by atoms with van der Waals surface area (Å²) in [5.74, 6) is 1.06. The fourth-order valence-corrected chi connectivity index (χ4v) is 3.01. The molecule has 0 radical (unpaired) electrons. The van der Waals surface area contributed by atoms with Crippen LogP contribution in [0.5, 0.6) is 5.75 Å². The number of nitrogens with zero attached hydrogens (tertiary/aromatic N) is 1. The van der Waals surface area contributed by atoms with Gasteiger partial charge in [-0.3, -0.25) is 9.59 Å². The van der Waals surface area contributed by atoms with E-state index in [2.05, 4.69) is 19.2 Å². The van der Waals surface area contributed by atoms with Gasteiger partial charge in [0.15, 0.2) is 0 Å². The highest BCUT2D eigenvalue weighted by Gasteiger charge is 2.38. The highest BCUT2D eigenvalue weighted by molar-refractivity contribution is 5.84. The Bertz CT molecular complexity index is 554. The number of carbonyl (C=O) groups excluding carboxylic acids is 2. The molecule has 0 unspecified atom stereocenters. The van der Waals surface area contributed by atoms with Gasteiger partial charge in [0, 0.05) is 20.0 Å². The predicted molar refractivity (Wildman–Crippen MR) is 89.1 cm³/mol. The second-order valence-electron chi connectivity index (χ2n) is 6.51. The molecule has 1 heterocycles. The molecule has 5 nitrogen and oxygen atoms in total. The molecule has 1 N–H and O–H groups in total. The van der Waals surface area contributed by atoms with Crippen LogP contribution in [0.4, 0.5) is 0 Å². The van der Waals surface area contributed by atoms with Crippen molar-refractivity contribution in [2.24, 2.45) is 11.8 Å². The molecule has 2 atom stereocenters. The molecular weight excluding hydrogens is 292 g/mol. The third kappa shape index (κ3) is 4.03. The molecule has 1 aliphatic rings. The summed E-state index contributed by atoms with van der Waals surface area (Å²) < 4.78 is 5.18. The maximum atomic E-state index is 12.6. The van der Waals surface area contributed by atoms with E-state index >= 15 is 0 Å². The third-order valence-corrected chi connectivity index (χ3v) is 4.34. The van der Waals surface area contributed by atoms with Crippen molar-refractivity contribution in [1.29, 1.82) is 0 Å². The van der Waals surface area contributed by atoms with Gasteiger partial charge in [-0.25, -0.2) is 0 Å². The monoisotopic (exact) mass is 318 g/mol. The smallest absolute Gasteiger partial charge is 0.225 e. The first-order chi connectivity index (χ1) is 10.9. The fourth-order valence-electron chi connectivity index (χ4n) is 3.01. The Morgan fingerprint density at radius 2 is 2.00 bits per heavy atom. The first-order valence-electron chi connectivity index (χ1n) is 8.11. The minimum atomic E-state index is -0.227. The summed E-state index contributed by atoms with van der Waals surface area (Å²) in [6, 6.07) is 7.37. The lowest BCUT2D eigenvalue weighted by Gasteiger charge is -2.38. The highest BCUT2D eigenvalue weighted by Crippen LogP contribution is 2.36. The van der Waals surface area contributed by atoms with Crippen LogP contribution in [-0.4, -0.2) is 37.4 Å². The number of carbonyl (C=O) groups is 2. The Labute approximate surface area is 138 Å². The van der Waals surface area contributed by atoms with Crippen LogP contribution in [0.15, 0.2) is 24.3 Å². The van der Waals surface area contributed by atoms with Crippen molar-refractivity contribution in [3.63, 3.8) is 0 Å². The van der Waals surface area contributed by atoms with Gasteiger partial charge >= 0.3 is 0 Å². The molecule has 23 heavy (non-hydrogen) atoms. The maximum absolute atomic E-state index is 12.6.